The molecule has 1 atom stereocenters. The fourth-order valence-corrected chi connectivity index (χ4v) is 4.03. The van der Waals surface area contributed by atoms with E-state index in [4.69, 9.17) is 11.6 Å². The lowest BCUT2D eigenvalue weighted by Gasteiger charge is -2.22. The van der Waals surface area contributed by atoms with Crippen LogP contribution in [0.1, 0.15) is 30.4 Å². The Hall–Kier alpha value is -3.33. The van der Waals surface area contributed by atoms with Crippen LogP contribution in [0.2, 0.25) is 5.02 Å². The second-order valence-electron chi connectivity index (χ2n) is 7.34. The zero-order valence-corrected chi connectivity index (χ0v) is 17.4. The predicted octanol–water partition coefficient (Wildman–Crippen LogP) is 3.16. The molecule has 0 radical (unpaired) electrons. The molecule has 152 valence electrons. The number of aryl methyl sites for hydroxylation is 1. The average Bonchev–Trinajstić information content (AvgIpc) is 3.47. The number of rotatable bonds is 4. The number of halogens is 1. The Morgan fingerprint density at radius 3 is 2.83 bits per heavy atom. The normalized spacial score (nSPS) is 16.4. The van der Waals surface area contributed by atoms with Crippen molar-refractivity contribution in [2.75, 3.05) is 11.4 Å². The molecule has 0 saturated carbocycles. The number of aromatic nitrogens is 8. The third kappa shape index (κ3) is 3.30. The van der Waals surface area contributed by atoms with Crippen LogP contribution in [-0.2, 0) is 7.05 Å². The van der Waals surface area contributed by atoms with Crippen LogP contribution in [0.5, 0.6) is 0 Å². The first-order valence-electron chi connectivity index (χ1n) is 9.75. The van der Waals surface area contributed by atoms with Crippen molar-refractivity contribution in [3.05, 3.63) is 59.1 Å². The molecule has 30 heavy (non-hydrogen) atoms. The number of benzene rings is 1. The molecule has 1 aromatic carbocycles. The van der Waals surface area contributed by atoms with Crippen LogP contribution in [0.3, 0.4) is 0 Å². The Labute approximate surface area is 178 Å². The van der Waals surface area contributed by atoms with Gasteiger partial charge in [-0.25, -0.2) is 0 Å². The van der Waals surface area contributed by atoms with Gasteiger partial charge in [0.25, 0.3) is 0 Å². The van der Waals surface area contributed by atoms with E-state index in [1.165, 1.54) is 4.80 Å². The van der Waals surface area contributed by atoms with Crippen molar-refractivity contribution in [1.29, 1.82) is 0 Å². The second-order valence-corrected chi connectivity index (χ2v) is 7.77. The third-order valence-corrected chi connectivity index (χ3v) is 5.52. The molecule has 1 saturated heterocycles. The summed E-state index contributed by atoms with van der Waals surface area (Å²) in [7, 11) is 1.98. The quantitative estimate of drug-likeness (QED) is 0.499. The molecule has 3 aromatic heterocycles. The summed E-state index contributed by atoms with van der Waals surface area (Å²) in [6.07, 6.45) is 3.74. The molecule has 5 rings (SSSR count). The van der Waals surface area contributed by atoms with E-state index in [0.717, 1.165) is 48.1 Å². The minimum Gasteiger partial charge on any atom is -0.330 e. The van der Waals surface area contributed by atoms with E-state index < -0.39 is 0 Å². The first-order chi connectivity index (χ1) is 14.6. The summed E-state index contributed by atoms with van der Waals surface area (Å²) in [5, 5.41) is 22.7. The molecule has 4 aromatic rings. The molecule has 0 bridgehead atoms. The lowest BCUT2D eigenvalue weighted by atomic mass is 10.2. The minimum atomic E-state index is -0.00661. The van der Waals surface area contributed by atoms with Crippen LogP contribution in [0.15, 0.2) is 42.6 Å². The highest BCUT2D eigenvalue weighted by atomic mass is 35.5. The van der Waals surface area contributed by atoms with Gasteiger partial charge in [0.05, 0.1) is 11.7 Å². The summed E-state index contributed by atoms with van der Waals surface area (Å²) in [6, 6.07) is 11.3. The van der Waals surface area contributed by atoms with E-state index in [2.05, 4.69) is 35.5 Å². The topological polar surface area (TPSA) is 90.4 Å². The number of hydrogen-bond acceptors (Lipinski definition) is 7. The van der Waals surface area contributed by atoms with Crippen molar-refractivity contribution < 1.29 is 0 Å². The highest BCUT2D eigenvalue weighted by Crippen LogP contribution is 2.34. The van der Waals surface area contributed by atoms with Crippen LogP contribution in [0, 0.1) is 6.92 Å². The number of tetrazole rings is 1. The van der Waals surface area contributed by atoms with E-state index in [1.54, 1.807) is 6.20 Å². The van der Waals surface area contributed by atoms with E-state index in [-0.39, 0.29) is 6.04 Å². The van der Waals surface area contributed by atoms with Crippen molar-refractivity contribution in [3.8, 4) is 17.1 Å². The largest absolute Gasteiger partial charge is 0.330 e. The SMILES string of the molecule is Cc1cc(-c2nnc(N3CCC[C@@H]3c3nnn(-c4cccc(Cl)c4)n3)n2C)ccn1. The first kappa shape index (κ1) is 18.7. The zero-order chi connectivity index (χ0) is 20.7. The number of pyridine rings is 1. The van der Waals surface area contributed by atoms with Crippen LogP contribution < -0.4 is 4.90 Å². The predicted molar refractivity (Wildman–Crippen MR) is 112 cm³/mol. The number of anilines is 1. The zero-order valence-electron chi connectivity index (χ0n) is 16.6. The maximum absolute atomic E-state index is 6.09. The van der Waals surface area contributed by atoms with Gasteiger partial charge in [0.15, 0.2) is 11.6 Å². The molecule has 0 N–H and O–H groups in total. The van der Waals surface area contributed by atoms with Crippen LogP contribution in [0.4, 0.5) is 5.95 Å². The van der Waals surface area contributed by atoms with Crippen molar-refractivity contribution in [3.63, 3.8) is 0 Å². The second kappa shape index (κ2) is 7.49. The van der Waals surface area contributed by atoms with Crippen molar-refractivity contribution in [1.82, 2.24) is 40.0 Å². The molecule has 0 spiro atoms. The van der Waals surface area contributed by atoms with E-state index in [9.17, 15) is 0 Å². The van der Waals surface area contributed by atoms with Crippen molar-refractivity contribution >= 4 is 17.5 Å². The molecule has 0 aliphatic carbocycles. The molecule has 9 nitrogen and oxygen atoms in total. The summed E-state index contributed by atoms with van der Waals surface area (Å²) in [6.45, 7) is 2.82. The van der Waals surface area contributed by atoms with Crippen LogP contribution >= 0.6 is 11.6 Å². The van der Waals surface area contributed by atoms with Gasteiger partial charge in [-0.15, -0.1) is 25.2 Å². The van der Waals surface area contributed by atoms with Gasteiger partial charge in [0.2, 0.25) is 5.95 Å². The van der Waals surface area contributed by atoms with Gasteiger partial charge in [-0.2, -0.15) is 0 Å². The summed E-state index contributed by atoms with van der Waals surface area (Å²) in [5.74, 6) is 2.26. The fraction of sp³-hybridized carbons (Fsp3) is 0.300. The van der Waals surface area contributed by atoms with Crippen molar-refractivity contribution in [2.24, 2.45) is 7.05 Å². The average molecular weight is 422 g/mol. The fourth-order valence-electron chi connectivity index (χ4n) is 3.85. The van der Waals surface area contributed by atoms with Gasteiger partial charge >= 0.3 is 0 Å². The van der Waals surface area contributed by atoms with E-state index in [0.29, 0.717) is 10.8 Å². The standard InChI is InChI=1S/C20H20ClN9/c1-13-11-14(8-9-22-13)19-24-25-20(28(19)2)29-10-4-7-17(29)18-23-27-30(26-18)16-6-3-5-15(21)12-16/h3,5-6,8-9,11-12,17H,4,7,10H2,1-2H3/t17-/m1/s1. The lowest BCUT2D eigenvalue weighted by molar-refractivity contribution is 0.639. The Kier molecular flexibility index (Phi) is 4.66. The Bertz CT molecular complexity index is 1200. The van der Waals surface area contributed by atoms with Crippen LogP contribution in [-0.4, -0.2) is 46.5 Å². The Morgan fingerprint density at radius 1 is 1.10 bits per heavy atom. The van der Waals surface area contributed by atoms with Gasteiger partial charge < -0.3 is 4.90 Å². The number of nitrogens with zero attached hydrogens (tertiary/aromatic N) is 9. The van der Waals surface area contributed by atoms with Gasteiger partial charge in [-0.1, -0.05) is 17.7 Å². The Balaban J connectivity index is 1.45. The van der Waals surface area contributed by atoms with Gasteiger partial charge in [0.1, 0.15) is 0 Å². The maximum Gasteiger partial charge on any atom is 0.227 e. The molecule has 10 heteroatoms. The first-order valence-corrected chi connectivity index (χ1v) is 10.1. The molecule has 0 amide bonds. The maximum atomic E-state index is 6.09. The summed E-state index contributed by atoms with van der Waals surface area (Å²) in [4.78, 5) is 7.97. The lowest BCUT2D eigenvalue weighted by Crippen LogP contribution is -2.26. The molecule has 1 aliphatic heterocycles. The molecule has 4 heterocycles. The Morgan fingerprint density at radius 2 is 2.00 bits per heavy atom. The highest BCUT2D eigenvalue weighted by molar-refractivity contribution is 6.30. The van der Waals surface area contributed by atoms with Crippen LogP contribution in [0.25, 0.3) is 17.1 Å². The molecule has 1 fully saturated rings. The highest BCUT2D eigenvalue weighted by Gasteiger charge is 2.33. The van der Waals surface area contributed by atoms with Gasteiger partial charge in [-0.3, -0.25) is 9.55 Å². The monoisotopic (exact) mass is 421 g/mol. The van der Waals surface area contributed by atoms with E-state index in [1.807, 2.05) is 54.9 Å². The summed E-state index contributed by atoms with van der Waals surface area (Å²) < 4.78 is 2.01. The molecular formula is C20H20ClN9. The van der Waals surface area contributed by atoms with Crippen molar-refractivity contribution in [2.45, 2.75) is 25.8 Å². The molecule has 1 aliphatic rings. The number of hydrogen-bond donors (Lipinski definition) is 0. The van der Waals surface area contributed by atoms with Gasteiger partial charge in [0, 0.05) is 36.1 Å². The smallest absolute Gasteiger partial charge is 0.227 e. The summed E-state index contributed by atoms with van der Waals surface area (Å²) in [5.41, 5.74) is 2.71. The molecular weight excluding hydrogens is 402 g/mol. The van der Waals surface area contributed by atoms with Gasteiger partial charge in [-0.05, 0) is 55.3 Å². The molecule has 0 unspecified atom stereocenters. The minimum absolute atomic E-state index is 0.00661. The third-order valence-electron chi connectivity index (χ3n) is 5.28. The summed E-state index contributed by atoms with van der Waals surface area (Å²) >= 11 is 6.09. The van der Waals surface area contributed by atoms with E-state index >= 15 is 0 Å².